The Labute approximate surface area is 180 Å². The van der Waals surface area contributed by atoms with Crippen LogP contribution in [0.25, 0.3) is 0 Å². The zero-order valence-electron chi connectivity index (χ0n) is 17.0. The Balaban J connectivity index is 1.40. The van der Waals surface area contributed by atoms with Gasteiger partial charge < -0.3 is 15.1 Å². The molecule has 0 atom stereocenters. The number of carbonyl (C=O) groups excluding carboxylic acids is 2. The molecule has 2 aromatic carbocycles. The second kappa shape index (κ2) is 9.57. The van der Waals surface area contributed by atoms with Crippen LogP contribution in [0.3, 0.4) is 0 Å². The van der Waals surface area contributed by atoms with E-state index in [2.05, 4.69) is 10.6 Å². The third kappa shape index (κ3) is 6.26. The molecule has 2 amide bonds. The molecule has 160 valence electrons. The summed E-state index contributed by atoms with van der Waals surface area (Å²) in [5.74, 6) is 0.0172. The van der Waals surface area contributed by atoms with E-state index < -0.39 is 5.82 Å². The van der Waals surface area contributed by atoms with E-state index in [-0.39, 0.29) is 18.4 Å². The third-order valence-corrected chi connectivity index (χ3v) is 4.97. The van der Waals surface area contributed by atoms with E-state index in [0.29, 0.717) is 30.4 Å². The van der Waals surface area contributed by atoms with Gasteiger partial charge in [0.1, 0.15) is 11.6 Å². The molecule has 0 saturated heterocycles. The normalized spacial score (nSPS) is 13.2. The van der Waals surface area contributed by atoms with Crippen LogP contribution in [-0.2, 0) is 17.9 Å². The molecule has 7 heteroatoms. The summed E-state index contributed by atoms with van der Waals surface area (Å²) in [5.41, 5.74) is 2.00. The van der Waals surface area contributed by atoms with Gasteiger partial charge in [0.05, 0.1) is 19.4 Å². The Morgan fingerprint density at radius 3 is 2.52 bits per heavy atom. The van der Waals surface area contributed by atoms with Gasteiger partial charge in [-0.15, -0.1) is 0 Å². The van der Waals surface area contributed by atoms with Crippen LogP contribution in [0.1, 0.15) is 34.5 Å². The summed E-state index contributed by atoms with van der Waals surface area (Å²) in [7, 11) is 0. The molecule has 4 rings (SSSR count). The lowest BCUT2D eigenvalue weighted by atomic mass is 10.1. The molecule has 1 saturated carbocycles. The van der Waals surface area contributed by atoms with E-state index in [1.165, 1.54) is 12.1 Å². The van der Waals surface area contributed by atoms with E-state index in [0.717, 1.165) is 24.2 Å². The number of hydrogen-bond donors (Lipinski definition) is 2. The Morgan fingerprint density at radius 2 is 1.84 bits per heavy atom. The summed E-state index contributed by atoms with van der Waals surface area (Å²) in [5, 5.41) is 5.69. The molecule has 1 aliphatic rings. The number of furan rings is 1. The predicted molar refractivity (Wildman–Crippen MR) is 115 cm³/mol. The van der Waals surface area contributed by atoms with Crippen molar-refractivity contribution in [2.24, 2.45) is 0 Å². The lowest BCUT2D eigenvalue weighted by Crippen LogP contribution is -2.32. The van der Waals surface area contributed by atoms with E-state index in [1.807, 2.05) is 23.1 Å². The number of benzene rings is 2. The van der Waals surface area contributed by atoms with Gasteiger partial charge in [-0.3, -0.25) is 14.5 Å². The van der Waals surface area contributed by atoms with Gasteiger partial charge in [0.25, 0.3) is 5.91 Å². The maximum absolute atomic E-state index is 13.4. The standard InChI is InChI=1S/C24H24FN3O3/c25-19-3-1-4-21(13-19)26-23(29)16-28(15-22-5-2-12-31-22)14-17-6-8-18(9-7-17)24(30)27-20-10-11-20/h1-9,12-13,20H,10-11,14-16H2,(H,26,29)(H,27,30). The zero-order chi connectivity index (χ0) is 21.6. The number of carbonyl (C=O) groups is 2. The van der Waals surface area contributed by atoms with Crippen LogP contribution in [-0.4, -0.2) is 29.3 Å². The minimum absolute atomic E-state index is 0.0593. The van der Waals surface area contributed by atoms with E-state index in [4.69, 9.17) is 4.42 Å². The fraction of sp³-hybridized carbons (Fsp3) is 0.250. The number of halogens is 1. The molecule has 0 aliphatic heterocycles. The molecule has 2 N–H and O–H groups in total. The molecule has 0 radical (unpaired) electrons. The monoisotopic (exact) mass is 421 g/mol. The molecule has 1 heterocycles. The van der Waals surface area contributed by atoms with Crippen molar-refractivity contribution in [1.82, 2.24) is 10.2 Å². The van der Waals surface area contributed by atoms with Crippen molar-refractivity contribution >= 4 is 17.5 Å². The molecule has 6 nitrogen and oxygen atoms in total. The molecule has 1 fully saturated rings. The highest BCUT2D eigenvalue weighted by Gasteiger charge is 2.23. The Kier molecular flexibility index (Phi) is 6.43. The fourth-order valence-corrected chi connectivity index (χ4v) is 3.28. The minimum Gasteiger partial charge on any atom is -0.468 e. The van der Waals surface area contributed by atoms with Crippen LogP contribution in [0.2, 0.25) is 0 Å². The summed E-state index contributed by atoms with van der Waals surface area (Å²) in [6.45, 7) is 1.02. The average molecular weight is 421 g/mol. The summed E-state index contributed by atoms with van der Waals surface area (Å²) in [4.78, 5) is 26.6. The number of nitrogens with zero attached hydrogens (tertiary/aromatic N) is 1. The maximum Gasteiger partial charge on any atom is 0.251 e. The van der Waals surface area contributed by atoms with Crippen LogP contribution in [0, 0.1) is 5.82 Å². The summed E-state index contributed by atoms with van der Waals surface area (Å²) < 4.78 is 18.8. The number of anilines is 1. The molecule has 3 aromatic rings. The van der Waals surface area contributed by atoms with Crippen LogP contribution in [0.5, 0.6) is 0 Å². The van der Waals surface area contributed by atoms with Gasteiger partial charge in [-0.1, -0.05) is 18.2 Å². The van der Waals surface area contributed by atoms with Crippen LogP contribution in [0.15, 0.2) is 71.3 Å². The number of rotatable bonds is 9. The van der Waals surface area contributed by atoms with Crippen molar-refractivity contribution in [3.8, 4) is 0 Å². The molecule has 0 spiro atoms. The summed E-state index contributed by atoms with van der Waals surface area (Å²) >= 11 is 0. The minimum atomic E-state index is -0.406. The van der Waals surface area contributed by atoms with Crippen molar-refractivity contribution in [3.05, 3.63) is 89.6 Å². The quantitative estimate of drug-likeness (QED) is 0.549. The van der Waals surface area contributed by atoms with Gasteiger partial charge in [-0.25, -0.2) is 4.39 Å². The molecular weight excluding hydrogens is 397 g/mol. The second-order valence-electron chi connectivity index (χ2n) is 7.73. The van der Waals surface area contributed by atoms with Gasteiger partial charge in [0.15, 0.2) is 0 Å². The highest BCUT2D eigenvalue weighted by atomic mass is 19.1. The van der Waals surface area contributed by atoms with E-state index in [1.54, 1.807) is 36.6 Å². The van der Waals surface area contributed by atoms with E-state index >= 15 is 0 Å². The van der Waals surface area contributed by atoms with Crippen molar-refractivity contribution in [2.75, 3.05) is 11.9 Å². The molecule has 0 bridgehead atoms. The number of hydrogen-bond acceptors (Lipinski definition) is 4. The first-order valence-electron chi connectivity index (χ1n) is 10.2. The zero-order valence-corrected chi connectivity index (χ0v) is 17.0. The van der Waals surface area contributed by atoms with Gasteiger partial charge >= 0.3 is 0 Å². The highest BCUT2D eigenvalue weighted by Crippen LogP contribution is 2.19. The summed E-state index contributed by atoms with van der Waals surface area (Å²) in [6, 6.07) is 17.1. The molecule has 1 aliphatic carbocycles. The second-order valence-corrected chi connectivity index (χ2v) is 7.73. The van der Waals surface area contributed by atoms with Gasteiger partial charge in [-0.2, -0.15) is 0 Å². The molecule has 1 aromatic heterocycles. The molecule has 31 heavy (non-hydrogen) atoms. The fourth-order valence-electron chi connectivity index (χ4n) is 3.28. The first kappa shape index (κ1) is 20.8. The van der Waals surface area contributed by atoms with Crippen molar-refractivity contribution in [3.63, 3.8) is 0 Å². The topological polar surface area (TPSA) is 74.6 Å². The van der Waals surface area contributed by atoms with Crippen molar-refractivity contribution < 1.29 is 18.4 Å². The molecule has 0 unspecified atom stereocenters. The largest absolute Gasteiger partial charge is 0.468 e. The lowest BCUT2D eigenvalue weighted by Gasteiger charge is -2.21. The smallest absolute Gasteiger partial charge is 0.251 e. The number of amides is 2. The average Bonchev–Trinajstić information content (AvgIpc) is 3.40. The van der Waals surface area contributed by atoms with Gasteiger partial charge in [0, 0.05) is 23.8 Å². The Morgan fingerprint density at radius 1 is 1.03 bits per heavy atom. The Bertz CT molecular complexity index is 1030. The highest BCUT2D eigenvalue weighted by molar-refractivity contribution is 5.94. The van der Waals surface area contributed by atoms with Gasteiger partial charge in [0.2, 0.25) is 5.91 Å². The predicted octanol–water partition coefficient (Wildman–Crippen LogP) is 3.95. The van der Waals surface area contributed by atoms with Crippen LogP contribution >= 0.6 is 0 Å². The molecular formula is C24H24FN3O3. The third-order valence-electron chi connectivity index (χ3n) is 4.97. The van der Waals surface area contributed by atoms with Gasteiger partial charge in [-0.05, 0) is 60.9 Å². The lowest BCUT2D eigenvalue weighted by molar-refractivity contribution is -0.117. The van der Waals surface area contributed by atoms with Crippen LogP contribution in [0.4, 0.5) is 10.1 Å². The van der Waals surface area contributed by atoms with E-state index in [9.17, 15) is 14.0 Å². The first-order valence-corrected chi connectivity index (χ1v) is 10.2. The first-order chi connectivity index (χ1) is 15.0. The number of nitrogens with one attached hydrogen (secondary N) is 2. The van der Waals surface area contributed by atoms with Crippen molar-refractivity contribution in [2.45, 2.75) is 32.0 Å². The Hall–Kier alpha value is -3.45. The van der Waals surface area contributed by atoms with Crippen molar-refractivity contribution in [1.29, 1.82) is 0 Å². The SMILES string of the molecule is O=C(CN(Cc1ccc(C(=O)NC2CC2)cc1)Cc1ccco1)Nc1cccc(F)c1. The van der Waals surface area contributed by atoms with Crippen LogP contribution < -0.4 is 10.6 Å². The maximum atomic E-state index is 13.4. The summed E-state index contributed by atoms with van der Waals surface area (Å²) in [6.07, 6.45) is 3.68.